The minimum Gasteiger partial charge on any atom is -0.408 e. The third-order valence-corrected chi connectivity index (χ3v) is 3.78. The predicted molar refractivity (Wildman–Crippen MR) is 94.4 cm³/mol. The van der Waals surface area contributed by atoms with Gasteiger partial charge in [0, 0.05) is 32.0 Å². The maximum atomic E-state index is 13.5. The number of halogens is 2. The molecule has 0 unspecified atom stereocenters. The van der Waals surface area contributed by atoms with Crippen LogP contribution in [0.15, 0.2) is 45.6 Å². The van der Waals surface area contributed by atoms with Crippen LogP contribution in [-0.4, -0.2) is 16.4 Å². The topological polar surface area (TPSA) is 93.3 Å². The van der Waals surface area contributed by atoms with E-state index in [0.29, 0.717) is 11.1 Å². The van der Waals surface area contributed by atoms with Crippen molar-refractivity contribution in [2.75, 3.05) is 10.6 Å². The number of amides is 2. The summed E-state index contributed by atoms with van der Waals surface area (Å²) >= 11 is 0. The molecule has 2 aromatic carbocycles. The maximum absolute atomic E-state index is 13.5. The average Bonchev–Trinajstić information content (AvgIpc) is 2.92. The Morgan fingerprint density at radius 2 is 1.70 bits per heavy atom. The van der Waals surface area contributed by atoms with E-state index in [-0.39, 0.29) is 24.3 Å². The Morgan fingerprint density at radius 3 is 2.37 bits per heavy atom. The lowest BCUT2D eigenvalue weighted by atomic mass is 10.2. The monoisotopic (exact) mass is 375 g/mol. The Kier molecular flexibility index (Phi) is 5.02. The minimum atomic E-state index is -1.17. The molecule has 7 nitrogen and oxygen atoms in total. The number of rotatable bonds is 5. The van der Waals surface area contributed by atoms with Gasteiger partial charge in [0.1, 0.15) is 0 Å². The molecule has 0 saturated heterocycles. The van der Waals surface area contributed by atoms with Crippen LogP contribution in [0.5, 0.6) is 0 Å². The first-order valence-corrected chi connectivity index (χ1v) is 8.00. The van der Waals surface area contributed by atoms with Gasteiger partial charge in [0.25, 0.3) is 0 Å². The molecule has 0 atom stereocenters. The van der Waals surface area contributed by atoms with Gasteiger partial charge in [-0.2, -0.15) is 0 Å². The Morgan fingerprint density at radius 1 is 1.07 bits per heavy atom. The first-order chi connectivity index (χ1) is 12.8. The molecule has 0 spiro atoms. The Hall–Kier alpha value is -3.49. The number of fused-ring (bicyclic) bond motifs is 1. The van der Waals surface area contributed by atoms with Crippen molar-refractivity contribution in [3.05, 3.63) is 58.6 Å². The van der Waals surface area contributed by atoms with Crippen LogP contribution in [0.1, 0.15) is 13.3 Å². The van der Waals surface area contributed by atoms with Gasteiger partial charge < -0.3 is 15.1 Å². The first kappa shape index (κ1) is 18.3. The fourth-order valence-corrected chi connectivity index (χ4v) is 2.60. The number of para-hydroxylation sites is 2. The van der Waals surface area contributed by atoms with E-state index >= 15 is 0 Å². The molecule has 0 radical (unpaired) electrons. The summed E-state index contributed by atoms with van der Waals surface area (Å²) in [5.41, 5.74) is 0.790. The molecule has 0 fully saturated rings. The summed E-state index contributed by atoms with van der Waals surface area (Å²) in [5, 5.41) is 4.73. The van der Waals surface area contributed by atoms with Crippen molar-refractivity contribution < 1.29 is 22.8 Å². The van der Waals surface area contributed by atoms with Crippen LogP contribution >= 0.6 is 0 Å². The molecule has 0 aliphatic heterocycles. The molecule has 0 aliphatic rings. The lowest BCUT2D eigenvalue weighted by Crippen LogP contribution is -2.20. The molecule has 2 N–H and O–H groups in total. The van der Waals surface area contributed by atoms with E-state index in [4.69, 9.17) is 4.42 Å². The summed E-state index contributed by atoms with van der Waals surface area (Å²) in [6.07, 6.45) is -0.123. The Labute approximate surface area is 151 Å². The first-order valence-electron chi connectivity index (χ1n) is 8.00. The van der Waals surface area contributed by atoms with Gasteiger partial charge >= 0.3 is 5.76 Å². The summed E-state index contributed by atoms with van der Waals surface area (Å²) in [4.78, 5) is 35.3. The molecular weight excluding hydrogens is 360 g/mol. The van der Waals surface area contributed by atoms with Crippen LogP contribution in [0.2, 0.25) is 0 Å². The minimum absolute atomic E-state index is 0.0286. The number of nitrogens with one attached hydrogen (secondary N) is 2. The number of nitrogens with zero attached hydrogens (tertiary/aromatic N) is 1. The van der Waals surface area contributed by atoms with Crippen molar-refractivity contribution >= 4 is 34.3 Å². The smallest absolute Gasteiger partial charge is 0.408 e. The van der Waals surface area contributed by atoms with Crippen molar-refractivity contribution in [2.45, 2.75) is 19.9 Å². The highest BCUT2D eigenvalue weighted by atomic mass is 19.2. The van der Waals surface area contributed by atoms with Crippen LogP contribution in [0.4, 0.5) is 20.2 Å². The van der Waals surface area contributed by atoms with Gasteiger partial charge in [-0.3, -0.25) is 14.2 Å². The third kappa shape index (κ3) is 4.02. The maximum Gasteiger partial charge on any atom is 0.419 e. The number of aryl methyl sites for hydroxylation is 1. The quantitative estimate of drug-likeness (QED) is 0.717. The second-order valence-electron chi connectivity index (χ2n) is 5.78. The molecule has 1 aromatic heterocycles. The zero-order chi connectivity index (χ0) is 19.6. The van der Waals surface area contributed by atoms with E-state index in [1.54, 1.807) is 24.3 Å². The van der Waals surface area contributed by atoms with Crippen LogP contribution < -0.4 is 16.4 Å². The molecule has 9 heteroatoms. The van der Waals surface area contributed by atoms with Crippen LogP contribution in [0.3, 0.4) is 0 Å². The number of benzene rings is 2. The number of hydrogen-bond donors (Lipinski definition) is 2. The highest BCUT2D eigenvalue weighted by Gasteiger charge is 2.15. The van der Waals surface area contributed by atoms with Gasteiger partial charge in [-0.1, -0.05) is 12.1 Å². The normalized spacial score (nSPS) is 10.8. The zero-order valence-electron chi connectivity index (χ0n) is 14.2. The summed E-state index contributed by atoms with van der Waals surface area (Å²) in [6, 6.07) is 8.32. The van der Waals surface area contributed by atoms with E-state index in [9.17, 15) is 23.2 Å². The van der Waals surface area contributed by atoms with Gasteiger partial charge in [0.2, 0.25) is 11.8 Å². The van der Waals surface area contributed by atoms with Crippen molar-refractivity contribution in [3.8, 4) is 0 Å². The molecular formula is C18H15F2N3O4. The second kappa shape index (κ2) is 7.40. The molecule has 27 heavy (non-hydrogen) atoms. The number of carbonyl (C=O) groups excluding carboxylic acids is 2. The highest BCUT2D eigenvalue weighted by Crippen LogP contribution is 2.25. The molecule has 0 aliphatic carbocycles. The number of carbonyl (C=O) groups is 2. The van der Waals surface area contributed by atoms with Gasteiger partial charge in [0.05, 0.1) is 16.9 Å². The molecule has 3 aromatic rings. The number of oxazole rings is 1. The van der Waals surface area contributed by atoms with Crippen molar-refractivity contribution in [2.24, 2.45) is 0 Å². The summed E-state index contributed by atoms with van der Waals surface area (Å²) in [7, 11) is 0. The van der Waals surface area contributed by atoms with Crippen molar-refractivity contribution in [3.63, 3.8) is 0 Å². The summed E-state index contributed by atoms with van der Waals surface area (Å²) < 4.78 is 33.3. The molecule has 2 amide bonds. The predicted octanol–water partition coefficient (Wildman–Crippen LogP) is 2.86. The SMILES string of the molecule is CC(=O)Nc1cc(F)c(F)cc1NC(=O)CCn1c(=O)oc2ccccc21. The lowest BCUT2D eigenvalue weighted by molar-refractivity contribution is -0.116. The molecule has 1 heterocycles. The van der Waals surface area contributed by atoms with Gasteiger partial charge in [0.15, 0.2) is 17.2 Å². The van der Waals surface area contributed by atoms with Crippen LogP contribution in [-0.2, 0) is 16.1 Å². The highest BCUT2D eigenvalue weighted by molar-refractivity contribution is 5.98. The average molecular weight is 375 g/mol. The van der Waals surface area contributed by atoms with E-state index in [1.807, 2.05) is 0 Å². The Bertz CT molecular complexity index is 1090. The van der Waals surface area contributed by atoms with Crippen molar-refractivity contribution in [1.29, 1.82) is 0 Å². The summed E-state index contributed by atoms with van der Waals surface area (Å²) in [5.74, 6) is -3.99. The van der Waals surface area contributed by atoms with E-state index in [2.05, 4.69) is 10.6 Å². The Balaban J connectivity index is 1.76. The van der Waals surface area contributed by atoms with Gasteiger partial charge in [-0.15, -0.1) is 0 Å². The zero-order valence-corrected chi connectivity index (χ0v) is 14.2. The number of anilines is 2. The van der Waals surface area contributed by atoms with E-state index < -0.39 is 29.2 Å². The van der Waals surface area contributed by atoms with Crippen molar-refractivity contribution in [1.82, 2.24) is 4.57 Å². The standard InChI is InChI=1S/C18H15F2N3O4/c1-10(24)21-13-8-11(19)12(20)9-14(13)22-17(25)6-7-23-15-4-2-3-5-16(15)27-18(23)26/h2-5,8-9H,6-7H2,1H3,(H,21,24)(H,22,25). The van der Waals surface area contributed by atoms with Gasteiger partial charge in [-0.25, -0.2) is 13.6 Å². The number of hydrogen-bond acceptors (Lipinski definition) is 4. The van der Waals surface area contributed by atoms with E-state index in [0.717, 1.165) is 12.1 Å². The number of aromatic nitrogens is 1. The largest absolute Gasteiger partial charge is 0.419 e. The molecule has 0 bridgehead atoms. The second-order valence-corrected chi connectivity index (χ2v) is 5.78. The molecule has 0 saturated carbocycles. The fraction of sp³-hybridized carbons (Fsp3) is 0.167. The lowest BCUT2D eigenvalue weighted by Gasteiger charge is -2.12. The van der Waals surface area contributed by atoms with Crippen LogP contribution in [0.25, 0.3) is 11.1 Å². The molecule has 3 rings (SSSR count). The van der Waals surface area contributed by atoms with Gasteiger partial charge in [-0.05, 0) is 12.1 Å². The summed E-state index contributed by atoms with van der Waals surface area (Å²) in [6.45, 7) is 1.23. The van der Waals surface area contributed by atoms with E-state index in [1.165, 1.54) is 11.5 Å². The molecule has 140 valence electrons. The fourth-order valence-electron chi connectivity index (χ4n) is 2.60. The van der Waals surface area contributed by atoms with Crippen LogP contribution in [0, 0.1) is 11.6 Å². The third-order valence-electron chi connectivity index (χ3n) is 3.78.